The number of primary sulfonamides is 1. The Morgan fingerprint density at radius 1 is 1.50 bits per heavy atom. The Kier molecular flexibility index (Phi) is 2.74. The molecule has 9 heteroatoms. The Balaban J connectivity index is 2.63. The predicted molar refractivity (Wildman–Crippen MR) is 58.2 cm³/mol. The molecule has 0 saturated carbocycles. The fraction of sp³-hybridized carbons (Fsp3) is 0.286. The number of thiazole rings is 1. The van der Waals surface area contributed by atoms with Crippen LogP contribution in [0.25, 0.3) is 11.5 Å². The lowest BCUT2D eigenvalue weighted by Crippen LogP contribution is -2.18. The molecule has 16 heavy (non-hydrogen) atoms. The molecular weight excluding hydrogens is 250 g/mol. The molecule has 86 valence electrons. The normalized spacial score (nSPS) is 11.9. The first-order valence-electron chi connectivity index (χ1n) is 4.38. The second kappa shape index (κ2) is 3.92. The number of hydrogen-bond acceptors (Lipinski definition) is 6. The number of nitrogens with two attached hydrogens (primary N) is 1. The SMILES string of the molecule is CCn1c(-c2cscn2)nnc1S(N)(=O)=O. The Bertz CT molecular complexity index is 586. The summed E-state index contributed by atoms with van der Waals surface area (Å²) in [6, 6.07) is 0. The van der Waals surface area contributed by atoms with Crippen LogP contribution >= 0.6 is 11.3 Å². The molecule has 2 N–H and O–H groups in total. The van der Waals surface area contributed by atoms with Crippen LogP contribution in [0.2, 0.25) is 0 Å². The lowest BCUT2D eigenvalue weighted by atomic mass is 10.4. The molecule has 0 amide bonds. The average molecular weight is 259 g/mol. The molecule has 0 atom stereocenters. The third kappa shape index (κ3) is 1.84. The molecule has 2 aromatic heterocycles. The highest BCUT2D eigenvalue weighted by Crippen LogP contribution is 2.19. The van der Waals surface area contributed by atoms with Crippen molar-refractivity contribution in [3.05, 3.63) is 10.9 Å². The maximum absolute atomic E-state index is 11.2. The van der Waals surface area contributed by atoms with Gasteiger partial charge in [-0.1, -0.05) is 0 Å². The summed E-state index contributed by atoms with van der Waals surface area (Å²) in [6.45, 7) is 2.19. The summed E-state index contributed by atoms with van der Waals surface area (Å²) in [5.41, 5.74) is 2.23. The van der Waals surface area contributed by atoms with Crippen molar-refractivity contribution in [2.75, 3.05) is 0 Å². The van der Waals surface area contributed by atoms with Gasteiger partial charge in [0.25, 0.3) is 15.2 Å². The van der Waals surface area contributed by atoms with E-state index >= 15 is 0 Å². The van der Waals surface area contributed by atoms with Crippen LogP contribution in [0.1, 0.15) is 6.92 Å². The van der Waals surface area contributed by atoms with Crippen LogP contribution in [-0.4, -0.2) is 28.2 Å². The van der Waals surface area contributed by atoms with Crippen molar-refractivity contribution < 1.29 is 8.42 Å². The zero-order chi connectivity index (χ0) is 11.8. The number of sulfonamides is 1. The summed E-state index contributed by atoms with van der Waals surface area (Å²) in [6.07, 6.45) is 0. The second-order valence-electron chi connectivity index (χ2n) is 2.97. The molecule has 0 spiro atoms. The lowest BCUT2D eigenvalue weighted by molar-refractivity contribution is 0.570. The summed E-state index contributed by atoms with van der Waals surface area (Å²) in [7, 11) is -3.85. The van der Waals surface area contributed by atoms with Crippen molar-refractivity contribution in [1.29, 1.82) is 0 Å². The monoisotopic (exact) mass is 259 g/mol. The molecule has 0 bridgehead atoms. The average Bonchev–Trinajstić information content (AvgIpc) is 2.84. The van der Waals surface area contributed by atoms with Crippen LogP contribution in [0.3, 0.4) is 0 Å². The van der Waals surface area contributed by atoms with Gasteiger partial charge in [-0.3, -0.25) is 4.57 Å². The molecular formula is C7H9N5O2S2. The van der Waals surface area contributed by atoms with E-state index in [1.54, 1.807) is 17.8 Å². The van der Waals surface area contributed by atoms with E-state index in [-0.39, 0.29) is 5.16 Å². The molecule has 2 aromatic rings. The Morgan fingerprint density at radius 3 is 2.75 bits per heavy atom. The van der Waals surface area contributed by atoms with Crippen LogP contribution < -0.4 is 5.14 Å². The predicted octanol–water partition coefficient (Wildman–Crippen LogP) is 0.0689. The van der Waals surface area contributed by atoms with Gasteiger partial charge in [-0.25, -0.2) is 18.5 Å². The van der Waals surface area contributed by atoms with Crippen LogP contribution in [0.15, 0.2) is 16.0 Å². The van der Waals surface area contributed by atoms with Crippen molar-refractivity contribution >= 4 is 21.4 Å². The first-order valence-corrected chi connectivity index (χ1v) is 6.87. The van der Waals surface area contributed by atoms with Gasteiger partial charge < -0.3 is 0 Å². The standard InChI is InChI=1S/C7H9N5O2S2/c1-2-12-6(5-3-15-4-9-5)10-11-7(12)16(8,13)14/h3-4H,2H2,1H3,(H2,8,13,14). The minimum Gasteiger partial charge on any atom is -0.296 e. The van der Waals surface area contributed by atoms with Gasteiger partial charge in [0.15, 0.2) is 5.82 Å². The maximum atomic E-state index is 11.2. The molecule has 2 rings (SSSR count). The largest absolute Gasteiger partial charge is 0.296 e. The Hall–Kier alpha value is -1.32. The summed E-state index contributed by atoms with van der Waals surface area (Å²) in [5.74, 6) is 0.410. The zero-order valence-electron chi connectivity index (χ0n) is 8.36. The van der Waals surface area contributed by atoms with Crippen molar-refractivity contribution in [2.45, 2.75) is 18.6 Å². The molecule has 7 nitrogen and oxygen atoms in total. The van der Waals surface area contributed by atoms with Gasteiger partial charge in [0, 0.05) is 11.9 Å². The molecule has 0 aliphatic heterocycles. The van der Waals surface area contributed by atoms with Crippen molar-refractivity contribution in [3.8, 4) is 11.5 Å². The van der Waals surface area contributed by atoms with Gasteiger partial charge in [0.1, 0.15) is 5.69 Å². The second-order valence-corrected chi connectivity index (χ2v) is 5.14. The van der Waals surface area contributed by atoms with E-state index in [1.165, 1.54) is 15.9 Å². The third-order valence-electron chi connectivity index (χ3n) is 1.95. The van der Waals surface area contributed by atoms with Crippen molar-refractivity contribution in [1.82, 2.24) is 19.7 Å². The number of nitrogens with zero attached hydrogens (tertiary/aromatic N) is 4. The molecule has 0 fully saturated rings. The molecule has 0 aliphatic rings. The molecule has 0 unspecified atom stereocenters. The van der Waals surface area contributed by atoms with Gasteiger partial charge >= 0.3 is 0 Å². The van der Waals surface area contributed by atoms with Crippen LogP contribution in [-0.2, 0) is 16.6 Å². The van der Waals surface area contributed by atoms with Crippen molar-refractivity contribution in [3.63, 3.8) is 0 Å². The Labute approximate surface area is 96.0 Å². The number of aromatic nitrogens is 4. The van der Waals surface area contributed by atoms with Crippen LogP contribution in [0.5, 0.6) is 0 Å². The first kappa shape index (κ1) is 11.2. The number of hydrogen-bond donors (Lipinski definition) is 1. The van der Waals surface area contributed by atoms with Crippen LogP contribution in [0.4, 0.5) is 0 Å². The molecule has 0 radical (unpaired) electrons. The molecule has 2 heterocycles. The van der Waals surface area contributed by atoms with E-state index in [4.69, 9.17) is 5.14 Å². The minimum absolute atomic E-state index is 0.238. The van der Waals surface area contributed by atoms with E-state index in [1.807, 2.05) is 0 Å². The highest BCUT2D eigenvalue weighted by molar-refractivity contribution is 7.89. The molecule has 0 saturated heterocycles. The fourth-order valence-electron chi connectivity index (χ4n) is 1.30. The zero-order valence-corrected chi connectivity index (χ0v) is 9.99. The van der Waals surface area contributed by atoms with Gasteiger partial charge in [0.05, 0.1) is 5.51 Å². The van der Waals surface area contributed by atoms with Gasteiger partial charge in [-0.15, -0.1) is 21.5 Å². The Morgan fingerprint density at radius 2 is 2.25 bits per heavy atom. The van der Waals surface area contributed by atoms with E-state index in [0.717, 1.165) is 0 Å². The lowest BCUT2D eigenvalue weighted by Gasteiger charge is -2.03. The fourth-order valence-corrected chi connectivity index (χ4v) is 2.50. The van der Waals surface area contributed by atoms with Crippen LogP contribution in [0, 0.1) is 0 Å². The van der Waals surface area contributed by atoms with E-state index < -0.39 is 10.0 Å². The van der Waals surface area contributed by atoms with E-state index in [2.05, 4.69) is 15.2 Å². The first-order chi connectivity index (χ1) is 7.54. The highest BCUT2D eigenvalue weighted by Gasteiger charge is 2.21. The number of rotatable bonds is 3. The van der Waals surface area contributed by atoms with Gasteiger partial charge in [-0.05, 0) is 6.92 Å². The quantitative estimate of drug-likeness (QED) is 0.840. The van der Waals surface area contributed by atoms with E-state index in [9.17, 15) is 8.42 Å². The maximum Gasteiger partial charge on any atom is 0.273 e. The molecule has 0 aromatic carbocycles. The third-order valence-corrected chi connectivity index (χ3v) is 3.35. The highest BCUT2D eigenvalue weighted by atomic mass is 32.2. The summed E-state index contributed by atoms with van der Waals surface area (Å²) >= 11 is 1.40. The minimum atomic E-state index is -3.85. The molecule has 0 aliphatic carbocycles. The van der Waals surface area contributed by atoms with Crippen molar-refractivity contribution in [2.24, 2.45) is 5.14 Å². The summed E-state index contributed by atoms with van der Waals surface area (Å²) < 4.78 is 23.9. The van der Waals surface area contributed by atoms with Gasteiger partial charge in [-0.2, -0.15) is 0 Å². The summed E-state index contributed by atoms with van der Waals surface area (Å²) in [5, 5.41) is 13.9. The summed E-state index contributed by atoms with van der Waals surface area (Å²) in [4.78, 5) is 4.05. The van der Waals surface area contributed by atoms with Gasteiger partial charge in [0.2, 0.25) is 0 Å². The van der Waals surface area contributed by atoms with E-state index in [0.29, 0.717) is 18.1 Å². The topological polar surface area (TPSA) is 104 Å². The smallest absolute Gasteiger partial charge is 0.273 e.